The van der Waals surface area contributed by atoms with Crippen molar-refractivity contribution in [3.63, 3.8) is 0 Å². The molecule has 0 saturated heterocycles. The fraction of sp³-hybridized carbons (Fsp3) is 0.368. The molecule has 0 fully saturated rings. The van der Waals surface area contributed by atoms with E-state index in [4.69, 9.17) is 0 Å². The van der Waals surface area contributed by atoms with Crippen LogP contribution in [0.25, 0.3) is 0 Å². The number of aryl methyl sites for hydroxylation is 1. The molecule has 1 aromatic carbocycles. The van der Waals surface area contributed by atoms with E-state index < -0.39 is 17.7 Å². The van der Waals surface area contributed by atoms with E-state index in [1.165, 1.54) is 7.05 Å². The number of ether oxygens (including phenoxy) is 1. The summed E-state index contributed by atoms with van der Waals surface area (Å²) in [6, 6.07) is 7.03. The van der Waals surface area contributed by atoms with Crippen molar-refractivity contribution in [2.45, 2.75) is 25.1 Å². The molecule has 0 N–H and O–H groups in total. The Morgan fingerprint density at radius 2 is 1.81 bits per heavy atom. The lowest BCUT2D eigenvalue weighted by atomic mass is 9.73. The van der Waals surface area contributed by atoms with Gasteiger partial charge in [0.2, 0.25) is 5.54 Å². The van der Waals surface area contributed by atoms with Gasteiger partial charge in [0.15, 0.2) is 5.78 Å². The van der Waals surface area contributed by atoms with Crippen LogP contribution in [0.15, 0.2) is 47.1 Å². The lowest BCUT2D eigenvalue weighted by Crippen LogP contribution is -2.64. The number of benzene rings is 1. The van der Waals surface area contributed by atoms with Crippen molar-refractivity contribution in [3.8, 4) is 0 Å². The number of carbonyl (C=O) groups excluding carboxylic acids is 2. The summed E-state index contributed by atoms with van der Waals surface area (Å²) in [6.45, 7) is 1.76. The molecule has 1 atom stereocenters. The van der Waals surface area contributed by atoms with Gasteiger partial charge in [-0.25, -0.2) is 4.79 Å². The molecule has 1 aliphatic heterocycles. The van der Waals surface area contributed by atoms with Crippen LogP contribution < -0.4 is 0 Å². The molecule has 0 amide bonds. The number of hydrogen-bond donors (Lipinski definition) is 0. The van der Waals surface area contributed by atoms with Crippen LogP contribution in [0.5, 0.6) is 0 Å². The molecule has 4 nitrogen and oxygen atoms in total. The highest BCUT2D eigenvalue weighted by atomic mass is 19.4. The predicted molar refractivity (Wildman–Crippen MR) is 88.7 cm³/mol. The topological polar surface area (TPSA) is 46.6 Å². The first-order chi connectivity index (χ1) is 12.1. The second-order valence-electron chi connectivity index (χ2n) is 6.61. The van der Waals surface area contributed by atoms with E-state index in [1.54, 1.807) is 12.1 Å². The SMILES string of the molecule is COC(=O)C1(C(F)(F)F)C=C2CC(C(=O)c3ccc(C)cc3)=C2CN1C. The number of ketones is 1. The summed E-state index contributed by atoms with van der Waals surface area (Å²) in [5.41, 5.74) is 0.119. The highest BCUT2D eigenvalue weighted by molar-refractivity contribution is 6.12. The Morgan fingerprint density at radius 3 is 2.35 bits per heavy atom. The highest BCUT2D eigenvalue weighted by Crippen LogP contribution is 2.48. The third-order valence-electron chi connectivity index (χ3n) is 5.02. The van der Waals surface area contributed by atoms with E-state index in [0.717, 1.165) is 23.6 Å². The van der Waals surface area contributed by atoms with Crippen LogP contribution in [0, 0.1) is 6.92 Å². The summed E-state index contributed by atoms with van der Waals surface area (Å²) in [7, 11) is 2.14. The maximum absolute atomic E-state index is 13.7. The van der Waals surface area contributed by atoms with Gasteiger partial charge in [0.1, 0.15) is 0 Å². The highest BCUT2D eigenvalue weighted by Gasteiger charge is 2.65. The number of carbonyl (C=O) groups is 2. The summed E-state index contributed by atoms with van der Waals surface area (Å²) in [5.74, 6) is -1.57. The van der Waals surface area contributed by atoms with Gasteiger partial charge in [-0.15, -0.1) is 0 Å². The fourth-order valence-electron chi connectivity index (χ4n) is 3.43. The lowest BCUT2D eigenvalue weighted by molar-refractivity contribution is -0.223. The number of halogens is 3. The van der Waals surface area contributed by atoms with Crippen molar-refractivity contribution in [1.82, 2.24) is 4.90 Å². The molecule has 0 bridgehead atoms. The zero-order valence-electron chi connectivity index (χ0n) is 14.6. The van der Waals surface area contributed by atoms with Crippen LogP contribution in [0.3, 0.4) is 0 Å². The van der Waals surface area contributed by atoms with Crippen LogP contribution in [0.1, 0.15) is 22.3 Å². The second-order valence-corrected chi connectivity index (χ2v) is 6.61. The van der Waals surface area contributed by atoms with Crippen molar-refractivity contribution in [3.05, 3.63) is 58.2 Å². The Kier molecular flexibility index (Phi) is 4.30. The van der Waals surface area contributed by atoms with Crippen molar-refractivity contribution in [2.24, 2.45) is 0 Å². The standard InChI is InChI=1S/C19H18F3NO3/c1-11-4-6-12(7-5-11)16(24)14-8-13-9-18(17(25)26-3,19(20,21)22)23(2)10-15(13)14/h4-7,9H,8,10H2,1-3H3. The molecule has 0 radical (unpaired) electrons. The Hall–Kier alpha value is -2.41. The van der Waals surface area contributed by atoms with E-state index in [9.17, 15) is 22.8 Å². The molecule has 0 spiro atoms. The zero-order chi connectivity index (χ0) is 19.3. The number of hydrogen-bond acceptors (Lipinski definition) is 4. The number of methoxy groups -OCH3 is 1. The lowest BCUT2D eigenvalue weighted by Gasteiger charge is -2.45. The molecular formula is C19H18F3NO3. The number of alkyl halides is 3. The number of esters is 1. The van der Waals surface area contributed by atoms with Crippen LogP contribution in [0.2, 0.25) is 0 Å². The molecule has 7 heteroatoms. The number of Topliss-reactive ketones (excluding diaryl/α,β-unsaturated/α-hetero) is 1. The van der Waals surface area contributed by atoms with Gasteiger partial charge in [-0.3, -0.25) is 9.69 Å². The first-order valence-corrected chi connectivity index (χ1v) is 8.03. The smallest absolute Gasteiger partial charge is 0.421 e. The molecule has 1 aromatic rings. The number of rotatable bonds is 3. The summed E-state index contributed by atoms with van der Waals surface area (Å²) in [5, 5.41) is 0. The monoisotopic (exact) mass is 365 g/mol. The van der Waals surface area contributed by atoms with Gasteiger partial charge in [-0.05, 0) is 31.2 Å². The van der Waals surface area contributed by atoms with E-state index in [1.807, 2.05) is 19.1 Å². The van der Waals surface area contributed by atoms with E-state index in [2.05, 4.69) is 4.74 Å². The molecule has 1 aliphatic carbocycles. The number of likely N-dealkylation sites (N-methyl/N-ethyl adjacent to an activating group) is 1. The van der Waals surface area contributed by atoms with Gasteiger partial charge < -0.3 is 4.74 Å². The van der Waals surface area contributed by atoms with E-state index in [0.29, 0.717) is 22.3 Å². The molecule has 3 rings (SSSR count). The van der Waals surface area contributed by atoms with Crippen LogP contribution in [-0.2, 0) is 9.53 Å². The Bertz CT molecular complexity index is 837. The average Bonchev–Trinajstić information content (AvgIpc) is 2.56. The fourth-order valence-corrected chi connectivity index (χ4v) is 3.43. The van der Waals surface area contributed by atoms with E-state index in [-0.39, 0.29) is 18.7 Å². The third-order valence-corrected chi connectivity index (χ3v) is 5.02. The largest absolute Gasteiger partial charge is 0.467 e. The molecule has 2 aliphatic rings. The quantitative estimate of drug-likeness (QED) is 0.610. The van der Waals surface area contributed by atoms with Crippen LogP contribution >= 0.6 is 0 Å². The maximum atomic E-state index is 13.7. The summed E-state index contributed by atoms with van der Waals surface area (Å²) in [4.78, 5) is 25.5. The summed E-state index contributed by atoms with van der Waals surface area (Å²) in [6.07, 6.45) is -3.82. The van der Waals surface area contributed by atoms with Gasteiger partial charge >= 0.3 is 12.1 Å². The van der Waals surface area contributed by atoms with Gasteiger partial charge in [0.25, 0.3) is 0 Å². The zero-order valence-corrected chi connectivity index (χ0v) is 14.6. The first-order valence-electron chi connectivity index (χ1n) is 8.03. The van der Waals surface area contributed by atoms with Gasteiger partial charge in [-0.2, -0.15) is 13.2 Å². The number of nitrogens with zero attached hydrogens (tertiary/aromatic N) is 1. The maximum Gasteiger partial charge on any atom is 0.421 e. The van der Waals surface area contributed by atoms with Crippen molar-refractivity contribution in [2.75, 3.05) is 20.7 Å². The second kappa shape index (κ2) is 6.09. The normalized spacial score (nSPS) is 23.1. The third kappa shape index (κ3) is 2.58. The van der Waals surface area contributed by atoms with Crippen LogP contribution in [0.4, 0.5) is 13.2 Å². The Morgan fingerprint density at radius 1 is 1.19 bits per heavy atom. The average molecular weight is 365 g/mol. The first kappa shape index (κ1) is 18.4. The molecule has 0 aromatic heterocycles. The molecule has 1 heterocycles. The number of fused-ring (bicyclic) bond motifs is 1. The molecule has 138 valence electrons. The minimum Gasteiger partial charge on any atom is -0.467 e. The molecule has 26 heavy (non-hydrogen) atoms. The van der Waals surface area contributed by atoms with Gasteiger partial charge in [0, 0.05) is 24.1 Å². The molecule has 0 saturated carbocycles. The van der Waals surface area contributed by atoms with Crippen molar-refractivity contribution in [1.29, 1.82) is 0 Å². The van der Waals surface area contributed by atoms with Crippen LogP contribution in [-0.4, -0.2) is 49.1 Å². The Balaban J connectivity index is 2.01. The molecular weight excluding hydrogens is 347 g/mol. The minimum atomic E-state index is -4.83. The molecule has 1 unspecified atom stereocenters. The Labute approximate surface area is 148 Å². The van der Waals surface area contributed by atoms with Gasteiger partial charge in [0.05, 0.1) is 7.11 Å². The van der Waals surface area contributed by atoms with Gasteiger partial charge in [-0.1, -0.05) is 29.8 Å². The summed E-state index contributed by atoms with van der Waals surface area (Å²) < 4.78 is 45.5. The van der Waals surface area contributed by atoms with Crippen molar-refractivity contribution >= 4 is 11.8 Å². The van der Waals surface area contributed by atoms with Crippen molar-refractivity contribution < 1.29 is 27.5 Å². The minimum absolute atomic E-state index is 0.116. The summed E-state index contributed by atoms with van der Waals surface area (Å²) >= 11 is 0. The number of allylic oxidation sites excluding steroid dienone is 1. The van der Waals surface area contributed by atoms with E-state index >= 15 is 0 Å². The predicted octanol–water partition coefficient (Wildman–Crippen LogP) is 3.22.